The highest BCUT2D eigenvalue weighted by atomic mass is 16.1. The number of aryl methyl sites for hydroxylation is 2. The molecule has 30 heavy (non-hydrogen) atoms. The molecule has 2 aliphatic heterocycles. The largest absolute Gasteiger partial charge is 0.311 e. The van der Waals surface area contributed by atoms with Gasteiger partial charge in [0.25, 0.3) is 5.56 Å². The third-order valence-electron chi connectivity index (χ3n) is 7.65. The number of nitrogens with one attached hydrogen (secondary N) is 1. The number of piperidine rings is 1. The summed E-state index contributed by atoms with van der Waals surface area (Å²) in [6.07, 6.45) is 9.56. The molecular weight excluding hydrogens is 376 g/mol. The maximum absolute atomic E-state index is 12.6. The van der Waals surface area contributed by atoms with Crippen molar-refractivity contribution in [3.8, 4) is 5.82 Å². The summed E-state index contributed by atoms with van der Waals surface area (Å²) in [6, 6.07) is 8.41. The average Bonchev–Trinajstić information content (AvgIpc) is 3.15. The minimum Gasteiger partial charge on any atom is -0.311 e. The van der Waals surface area contributed by atoms with Gasteiger partial charge < -0.3 is 10.2 Å². The van der Waals surface area contributed by atoms with Gasteiger partial charge in [-0.25, -0.2) is 9.36 Å². The Morgan fingerprint density at radius 2 is 1.57 bits per heavy atom. The monoisotopic (exact) mass is 410 g/mol. The zero-order valence-electron chi connectivity index (χ0n) is 18.4. The molecule has 0 radical (unpaired) electrons. The molecule has 3 fully saturated rings. The van der Waals surface area contributed by atoms with Crippen molar-refractivity contribution in [3.63, 3.8) is 0 Å². The zero-order chi connectivity index (χ0) is 20.8. The van der Waals surface area contributed by atoms with Gasteiger partial charge in [0, 0.05) is 35.9 Å². The van der Waals surface area contributed by atoms with Crippen LogP contribution >= 0.6 is 0 Å². The summed E-state index contributed by atoms with van der Waals surface area (Å²) in [5.41, 5.74) is 1.98. The summed E-state index contributed by atoms with van der Waals surface area (Å²) >= 11 is 0. The number of hydrogen-bond donors (Lipinski definition) is 1. The van der Waals surface area contributed by atoms with Gasteiger partial charge in [-0.05, 0) is 84.4 Å². The van der Waals surface area contributed by atoms with E-state index in [-0.39, 0.29) is 11.6 Å². The maximum Gasteiger partial charge on any atom is 0.267 e. The summed E-state index contributed by atoms with van der Waals surface area (Å²) in [5, 5.41) is 13.2. The molecule has 2 aromatic rings. The minimum absolute atomic E-state index is 0.0106. The first-order chi connectivity index (χ1) is 14.5. The van der Waals surface area contributed by atoms with Gasteiger partial charge in [-0.1, -0.05) is 0 Å². The minimum atomic E-state index is -0.0106. The quantitative estimate of drug-likeness (QED) is 0.839. The molecule has 2 aromatic heterocycles. The Hall–Kier alpha value is -1.99. The van der Waals surface area contributed by atoms with E-state index in [1.54, 1.807) is 16.8 Å². The summed E-state index contributed by atoms with van der Waals surface area (Å²) in [6.45, 7) is 3.99. The van der Waals surface area contributed by atoms with Gasteiger partial charge >= 0.3 is 0 Å². The van der Waals surface area contributed by atoms with Gasteiger partial charge in [0.05, 0.1) is 11.7 Å². The second-order valence-electron chi connectivity index (χ2n) is 9.70. The number of fused-ring (bicyclic) bond motifs is 2. The second-order valence-corrected chi connectivity index (χ2v) is 9.70. The predicted octanol–water partition coefficient (Wildman–Crippen LogP) is 2.74. The first-order valence-electron chi connectivity index (χ1n) is 11.6. The molecule has 7 nitrogen and oxygen atoms in total. The molecule has 0 spiro atoms. The molecule has 1 aliphatic carbocycles. The Labute approximate surface area is 178 Å². The molecule has 1 saturated carbocycles. The second kappa shape index (κ2) is 7.93. The van der Waals surface area contributed by atoms with Gasteiger partial charge in [-0.15, -0.1) is 5.10 Å². The van der Waals surface area contributed by atoms with E-state index in [2.05, 4.69) is 22.4 Å². The van der Waals surface area contributed by atoms with Gasteiger partial charge in [0.15, 0.2) is 5.82 Å². The van der Waals surface area contributed by atoms with Crippen LogP contribution in [0.5, 0.6) is 0 Å². The maximum atomic E-state index is 12.6. The van der Waals surface area contributed by atoms with Crippen LogP contribution in [0, 0.1) is 13.8 Å². The van der Waals surface area contributed by atoms with Crippen molar-refractivity contribution >= 4 is 0 Å². The zero-order valence-corrected chi connectivity index (χ0v) is 18.4. The lowest BCUT2D eigenvalue weighted by molar-refractivity contribution is 0.135. The summed E-state index contributed by atoms with van der Waals surface area (Å²) < 4.78 is 3.53. The fourth-order valence-corrected chi connectivity index (χ4v) is 6.02. The van der Waals surface area contributed by atoms with Crippen LogP contribution in [0.2, 0.25) is 0 Å². The molecule has 1 N–H and O–H groups in total. The van der Waals surface area contributed by atoms with E-state index >= 15 is 0 Å². The molecule has 2 unspecified atom stereocenters. The molecule has 0 aromatic carbocycles. The van der Waals surface area contributed by atoms with E-state index in [4.69, 9.17) is 5.10 Å². The van der Waals surface area contributed by atoms with Crippen LogP contribution in [-0.4, -0.2) is 55.7 Å². The third-order valence-corrected chi connectivity index (χ3v) is 7.65. The van der Waals surface area contributed by atoms with Crippen molar-refractivity contribution in [1.82, 2.24) is 29.8 Å². The van der Waals surface area contributed by atoms with E-state index in [9.17, 15) is 4.79 Å². The van der Waals surface area contributed by atoms with Crippen molar-refractivity contribution in [3.05, 3.63) is 39.9 Å². The summed E-state index contributed by atoms with van der Waals surface area (Å²) in [5.74, 6) is 0.724. The van der Waals surface area contributed by atoms with Crippen molar-refractivity contribution in [2.75, 3.05) is 7.05 Å². The molecule has 0 amide bonds. The number of rotatable bonds is 4. The van der Waals surface area contributed by atoms with Crippen molar-refractivity contribution in [2.24, 2.45) is 0 Å². The molecule has 2 saturated heterocycles. The fourth-order valence-electron chi connectivity index (χ4n) is 6.02. The molecule has 2 atom stereocenters. The lowest BCUT2D eigenvalue weighted by Gasteiger charge is -2.39. The SMILES string of the molecule is Cc1cc(C)n(-c2ccc(=O)n(C3CCC(NC4CC5CCC(C4)N5C)CC3)n2)n1. The molecule has 162 valence electrons. The van der Waals surface area contributed by atoms with Gasteiger partial charge in [-0.3, -0.25) is 4.79 Å². The van der Waals surface area contributed by atoms with Crippen molar-refractivity contribution in [1.29, 1.82) is 0 Å². The Morgan fingerprint density at radius 3 is 2.20 bits per heavy atom. The average molecular weight is 411 g/mol. The smallest absolute Gasteiger partial charge is 0.267 e. The van der Waals surface area contributed by atoms with Crippen LogP contribution in [0.25, 0.3) is 5.82 Å². The highest BCUT2D eigenvalue weighted by molar-refractivity contribution is 5.24. The van der Waals surface area contributed by atoms with Crippen LogP contribution in [0.3, 0.4) is 0 Å². The number of aromatic nitrogens is 4. The first-order valence-corrected chi connectivity index (χ1v) is 11.6. The highest BCUT2D eigenvalue weighted by Crippen LogP contribution is 2.35. The van der Waals surface area contributed by atoms with Crippen molar-refractivity contribution < 1.29 is 0 Å². The predicted molar refractivity (Wildman–Crippen MR) is 117 cm³/mol. The first kappa shape index (κ1) is 19.9. The highest BCUT2D eigenvalue weighted by Gasteiger charge is 2.39. The van der Waals surface area contributed by atoms with Gasteiger partial charge in [0.2, 0.25) is 0 Å². The standard InChI is InChI=1S/C23H34N6O/c1-15-12-16(2)28(25-15)22-10-11-23(30)29(26-22)19-6-4-17(5-7-19)24-18-13-20-8-9-21(14-18)27(20)3/h10-12,17-21,24H,4-9,13-14H2,1-3H3. The van der Waals surface area contributed by atoms with E-state index < -0.39 is 0 Å². The molecular formula is C23H34N6O. The lowest BCUT2D eigenvalue weighted by atomic mass is 9.89. The molecule has 4 heterocycles. The number of nitrogens with zero attached hydrogens (tertiary/aromatic N) is 5. The Bertz CT molecular complexity index is 943. The van der Waals surface area contributed by atoms with Gasteiger partial charge in [0.1, 0.15) is 0 Å². The Morgan fingerprint density at radius 1 is 0.900 bits per heavy atom. The van der Waals surface area contributed by atoms with E-state index in [0.717, 1.165) is 55.0 Å². The number of hydrogen-bond acceptors (Lipinski definition) is 5. The topological polar surface area (TPSA) is 68.0 Å². The third kappa shape index (κ3) is 3.73. The van der Waals surface area contributed by atoms with Crippen molar-refractivity contribution in [2.45, 2.75) is 95.4 Å². The van der Waals surface area contributed by atoms with Crippen LogP contribution in [-0.2, 0) is 0 Å². The van der Waals surface area contributed by atoms with E-state index in [0.29, 0.717) is 12.1 Å². The lowest BCUT2D eigenvalue weighted by Crippen LogP contribution is -2.50. The van der Waals surface area contributed by atoms with E-state index in [1.165, 1.54) is 25.7 Å². The summed E-state index contributed by atoms with van der Waals surface area (Å²) in [7, 11) is 2.30. The molecule has 2 bridgehead atoms. The van der Waals surface area contributed by atoms with Crippen LogP contribution in [0.1, 0.15) is 68.8 Å². The van der Waals surface area contributed by atoms with Crippen LogP contribution < -0.4 is 10.9 Å². The molecule has 3 aliphatic rings. The fraction of sp³-hybridized carbons (Fsp3) is 0.696. The van der Waals surface area contributed by atoms with Crippen LogP contribution in [0.4, 0.5) is 0 Å². The molecule has 7 heteroatoms. The Balaban J connectivity index is 1.23. The molecule has 5 rings (SSSR count). The Kier molecular flexibility index (Phi) is 5.27. The van der Waals surface area contributed by atoms with Gasteiger partial charge in [-0.2, -0.15) is 5.10 Å². The summed E-state index contributed by atoms with van der Waals surface area (Å²) in [4.78, 5) is 15.2. The van der Waals surface area contributed by atoms with Crippen LogP contribution in [0.15, 0.2) is 23.0 Å². The normalized spacial score (nSPS) is 31.9. The van der Waals surface area contributed by atoms with E-state index in [1.807, 2.05) is 24.6 Å².